The molecule has 1 aliphatic heterocycles. The summed E-state index contributed by atoms with van der Waals surface area (Å²) in [6.45, 7) is 8.53. The number of likely N-dealkylation sites (tertiary alicyclic amines) is 1. The highest BCUT2D eigenvalue weighted by Gasteiger charge is 2.27. The van der Waals surface area contributed by atoms with Gasteiger partial charge < -0.3 is 20.2 Å². The molecular formula is C13H25N3O3. The van der Waals surface area contributed by atoms with Crippen LogP contribution < -0.4 is 5.32 Å². The first-order chi connectivity index (χ1) is 9.08. The molecule has 0 aromatic carbocycles. The minimum absolute atomic E-state index is 0.141. The van der Waals surface area contributed by atoms with Gasteiger partial charge in [0.25, 0.3) is 0 Å². The number of piperidine rings is 1. The largest absolute Gasteiger partial charge is 0.481 e. The second-order valence-electron chi connectivity index (χ2n) is 4.88. The van der Waals surface area contributed by atoms with Crippen LogP contribution in [-0.4, -0.2) is 66.2 Å². The monoisotopic (exact) mass is 271 g/mol. The van der Waals surface area contributed by atoms with Crippen LogP contribution in [0.25, 0.3) is 0 Å². The van der Waals surface area contributed by atoms with Gasteiger partial charge in [-0.3, -0.25) is 4.79 Å². The quantitative estimate of drug-likeness (QED) is 0.750. The highest BCUT2D eigenvalue weighted by Crippen LogP contribution is 2.16. The summed E-state index contributed by atoms with van der Waals surface area (Å²) >= 11 is 0. The van der Waals surface area contributed by atoms with Gasteiger partial charge in [-0.25, -0.2) is 4.79 Å². The Hall–Kier alpha value is -1.30. The fraction of sp³-hybridized carbons (Fsp3) is 0.846. The van der Waals surface area contributed by atoms with E-state index in [0.29, 0.717) is 26.1 Å². The highest BCUT2D eigenvalue weighted by atomic mass is 16.4. The van der Waals surface area contributed by atoms with Crippen LogP contribution in [0.15, 0.2) is 0 Å². The third-order valence-corrected chi connectivity index (χ3v) is 3.66. The number of rotatable bonds is 6. The van der Waals surface area contributed by atoms with Crippen LogP contribution in [0.1, 0.15) is 26.7 Å². The molecule has 1 unspecified atom stereocenters. The fourth-order valence-electron chi connectivity index (χ4n) is 2.34. The van der Waals surface area contributed by atoms with Crippen molar-refractivity contribution in [3.05, 3.63) is 0 Å². The number of amides is 2. The maximum absolute atomic E-state index is 11.9. The topological polar surface area (TPSA) is 72.9 Å². The van der Waals surface area contributed by atoms with Crippen LogP contribution in [0.4, 0.5) is 4.79 Å². The van der Waals surface area contributed by atoms with E-state index in [1.165, 1.54) is 0 Å². The van der Waals surface area contributed by atoms with E-state index in [9.17, 15) is 9.59 Å². The lowest BCUT2D eigenvalue weighted by molar-refractivity contribution is -0.143. The van der Waals surface area contributed by atoms with E-state index in [4.69, 9.17) is 5.11 Å². The van der Waals surface area contributed by atoms with Crippen molar-refractivity contribution in [1.29, 1.82) is 0 Å². The molecule has 110 valence electrons. The lowest BCUT2D eigenvalue weighted by Crippen LogP contribution is -2.48. The number of carboxylic acids is 1. The van der Waals surface area contributed by atoms with Gasteiger partial charge in [0, 0.05) is 26.2 Å². The molecular weight excluding hydrogens is 246 g/mol. The predicted octanol–water partition coefficient (Wildman–Crippen LogP) is 0.834. The molecule has 0 spiro atoms. The normalized spacial score (nSPS) is 19.5. The number of likely N-dealkylation sites (N-methyl/N-ethyl adjacent to an activating group) is 1. The zero-order valence-electron chi connectivity index (χ0n) is 11.9. The van der Waals surface area contributed by atoms with Gasteiger partial charge in [-0.05, 0) is 25.9 Å². The number of nitrogens with one attached hydrogen (secondary N) is 1. The molecule has 1 atom stereocenters. The van der Waals surface area contributed by atoms with Crippen molar-refractivity contribution in [3.63, 3.8) is 0 Å². The Morgan fingerprint density at radius 2 is 2.05 bits per heavy atom. The van der Waals surface area contributed by atoms with Gasteiger partial charge >= 0.3 is 12.0 Å². The summed E-state index contributed by atoms with van der Waals surface area (Å²) in [5, 5.41) is 11.8. The van der Waals surface area contributed by atoms with Gasteiger partial charge in [-0.15, -0.1) is 0 Å². The van der Waals surface area contributed by atoms with Gasteiger partial charge in [0.2, 0.25) is 0 Å². The fourth-order valence-corrected chi connectivity index (χ4v) is 2.34. The summed E-state index contributed by atoms with van der Waals surface area (Å²) < 4.78 is 0. The van der Waals surface area contributed by atoms with E-state index in [1.54, 1.807) is 4.90 Å². The molecule has 6 nitrogen and oxygen atoms in total. The number of hydrogen-bond acceptors (Lipinski definition) is 3. The SMILES string of the molecule is CCN(CC)CCNC(=O)N1CCCC(C(=O)O)C1. The molecule has 0 bridgehead atoms. The first kappa shape index (κ1) is 15.8. The molecule has 19 heavy (non-hydrogen) atoms. The van der Waals surface area contributed by atoms with Crippen LogP contribution in [0.5, 0.6) is 0 Å². The summed E-state index contributed by atoms with van der Waals surface area (Å²) in [5.74, 6) is -1.22. The van der Waals surface area contributed by atoms with Crippen molar-refractivity contribution in [1.82, 2.24) is 15.1 Å². The number of hydrogen-bond donors (Lipinski definition) is 2. The lowest BCUT2D eigenvalue weighted by Gasteiger charge is -2.31. The molecule has 0 saturated carbocycles. The van der Waals surface area contributed by atoms with Crippen LogP contribution in [0.2, 0.25) is 0 Å². The molecule has 1 saturated heterocycles. The highest BCUT2D eigenvalue weighted by molar-refractivity contribution is 5.76. The summed E-state index contributed by atoms with van der Waals surface area (Å²) in [5.41, 5.74) is 0. The molecule has 0 aliphatic carbocycles. The smallest absolute Gasteiger partial charge is 0.317 e. The molecule has 1 heterocycles. The predicted molar refractivity (Wildman–Crippen MR) is 73.1 cm³/mol. The van der Waals surface area contributed by atoms with Crippen molar-refractivity contribution in [2.24, 2.45) is 5.92 Å². The molecule has 0 aromatic rings. The first-order valence-corrected chi connectivity index (χ1v) is 7.06. The summed E-state index contributed by atoms with van der Waals surface area (Å²) in [6.07, 6.45) is 1.43. The standard InChI is InChI=1S/C13H25N3O3/c1-3-15(4-2)9-7-14-13(19)16-8-5-6-11(10-16)12(17)18/h11H,3-10H2,1-2H3,(H,14,19)(H,17,18). The molecule has 2 N–H and O–H groups in total. The van der Waals surface area contributed by atoms with Crippen LogP contribution in [0.3, 0.4) is 0 Å². The average Bonchev–Trinajstić information content (AvgIpc) is 2.43. The van der Waals surface area contributed by atoms with Gasteiger partial charge in [-0.1, -0.05) is 13.8 Å². The van der Waals surface area contributed by atoms with E-state index in [0.717, 1.165) is 26.1 Å². The second-order valence-corrected chi connectivity index (χ2v) is 4.88. The maximum atomic E-state index is 11.9. The van der Waals surface area contributed by atoms with Crippen LogP contribution in [-0.2, 0) is 4.79 Å². The Kier molecular flexibility index (Phi) is 6.62. The Morgan fingerprint density at radius 3 is 2.63 bits per heavy atom. The number of nitrogens with zero attached hydrogens (tertiary/aromatic N) is 2. The first-order valence-electron chi connectivity index (χ1n) is 7.06. The van der Waals surface area contributed by atoms with E-state index >= 15 is 0 Å². The Balaban J connectivity index is 2.31. The third kappa shape index (κ3) is 5.06. The zero-order chi connectivity index (χ0) is 14.3. The number of carbonyl (C=O) groups is 2. The molecule has 2 amide bonds. The minimum Gasteiger partial charge on any atom is -0.481 e. The van der Waals surface area contributed by atoms with Crippen molar-refractivity contribution < 1.29 is 14.7 Å². The molecule has 1 rings (SSSR count). The van der Waals surface area contributed by atoms with Gasteiger partial charge in [0.1, 0.15) is 0 Å². The van der Waals surface area contributed by atoms with E-state index < -0.39 is 11.9 Å². The van der Waals surface area contributed by atoms with Crippen LogP contribution >= 0.6 is 0 Å². The molecule has 0 aromatic heterocycles. The second kappa shape index (κ2) is 7.99. The number of carboxylic acid groups (broad SMARTS) is 1. The summed E-state index contributed by atoms with van der Waals surface area (Å²) in [4.78, 5) is 26.7. The Bertz CT molecular complexity index is 306. The Morgan fingerprint density at radius 1 is 1.37 bits per heavy atom. The molecule has 6 heteroatoms. The van der Waals surface area contributed by atoms with Crippen molar-refractivity contribution in [2.75, 3.05) is 39.3 Å². The molecule has 1 fully saturated rings. The minimum atomic E-state index is -0.805. The lowest BCUT2D eigenvalue weighted by atomic mass is 9.99. The zero-order valence-corrected chi connectivity index (χ0v) is 11.9. The molecule has 1 aliphatic rings. The third-order valence-electron chi connectivity index (χ3n) is 3.66. The number of carbonyl (C=O) groups excluding carboxylic acids is 1. The van der Waals surface area contributed by atoms with Crippen LogP contribution in [0, 0.1) is 5.92 Å². The number of aliphatic carboxylic acids is 1. The number of urea groups is 1. The molecule has 0 radical (unpaired) electrons. The Labute approximate surface area is 114 Å². The summed E-state index contributed by atoms with van der Waals surface area (Å²) in [7, 11) is 0. The van der Waals surface area contributed by atoms with E-state index in [1.807, 2.05) is 0 Å². The van der Waals surface area contributed by atoms with Crippen molar-refractivity contribution in [3.8, 4) is 0 Å². The van der Waals surface area contributed by atoms with E-state index in [-0.39, 0.29) is 6.03 Å². The van der Waals surface area contributed by atoms with Crippen molar-refractivity contribution in [2.45, 2.75) is 26.7 Å². The summed E-state index contributed by atoms with van der Waals surface area (Å²) in [6, 6.07) is -0.141. The van der Waals surface area contributed by atoms with Gasteiger partial charge in [0.05, 0.1) is 5.92 Å². The van der Waals surface area contributed by atoms with Gasteiger partial charge in [-0.2, -0.15) is 0 Å². The van der Waals surface area contributed by atoms with Crippen molar-refractivity contribution >= 4 is 12.0 Å². The average molecular weight is 271 g/mol. The maximum Gasteiger partial charge on any atom is 0.317 e. The van der Waals surface area contributed by atoms with E-state index in [2.05, 4.69) is 24.1 Å². The van der Waals surface area contributed by atoms with Gasteiger partial charge in [0.15, 0.2) is 0 Å².